The Morgan fingerprint density at radius 1 is 1.03 bits per heavy atom. The third-order valence-electron chi connectivity index (χ3n) is 6.48. The molecule has 1 aliphatic rings. The van der Waals surface area contributed by atoms with Gasteiger partial charge in [-0.2, -0.15) is 0 Å². The molecule has 3 heterocycles. The summed E-state index contributed by atoms with van der Waals surface area (Å²) in [6.07, 6.45) is 9.74. The zero-order valence-corrected chi connectivity index (χ0v) is 20.6. The number of carbonyl (C=O) groups is 3. The average Bonchev–Trinajstić information content (AvgIpc) is 3.55. The molecular formula is C29H26N4O4. The Bertz CT molecular complexity index is 1630. The second-order valence-corrected chi connectivity index (χ2v) is 9.15. The first-order valence-corrected chi connectivity index (χ1v) is 11.9. The number of para-hydroxylation sites is 2. The molecule has 0 saturated heterocycles. The second kappa shape index (κ2) is 9.80. The molecule has 0 aliphatic carbocycles. The van der Waals surface area contributed by atoms with Crippen molar-refractivity contribution >= 4 is 50.7 Å². The predicted molar refractivity (Wildman–Crippen MR) is 142 cm³/mol. The molecule has 8 heteroatoms. The van der Waals surface area contributed by atoms with E-state index in [1.807, 2.05) is 44.6 Å². The van der Waals surface area contributed by atoms with E-state index in [2.05, 4.69) is 25.7 Å². The Labute approximate surface area is 213 Å². The molecule has 4 aromatic rings. The summed E-state index contributed by atoms with van der Waals surface area (Å²) in [7, 11) is 4.07. The fourth-order valence-corrected chi connectivity index (χ4v) is 4.87. The third kappa shape index (κ3) is 4.30. The van der Waals surface area contributed by atoms with Crippen LogP contribution in [-0.4, -0.2) is 59.5 Å². The number of hydrogen-bond donors (Lipinski definition) is 2. The number of esters is 1. The maximum atomic E-state index is 13.2. The molecule has 0 unspecified atom stereocenters. The lowest BCUT2D eigenvalue weighted by molar-refractivity contribution is -0.122. The number of rotatable bonds is 8. The summed E-state index contributed by atoms with van der Waals surface area (Å²) in [5.74, 6) is 0.780. The van der Waals surface area contributed by atoms with Crippen molar-refractivity contribution in [2.75, 3.05) is 27.2 Å². The molecule has 0 bridgehead atoms. The molecule has 0 fully saturated rings. The van der Waals surface area contributed by atoms with Gasteiger partial charge in [0.15, 0.2) is 6.61 Å². The number of fused-ring (bicyclic) bond motifs is 2. The number of carbonyl (C=O) groups excluding carboxylic acids is 3. The number of H-pyrrole nitrogens is 1. The van der Waals surface area contributed by atoms with Crippen molar-refractivity contribution in [3.05, 3.63) is 71.5 Å². The lowest BCUT2D eigenvalue weighted by Crippen LogP contribution is -2.22. The van der Waals surface area contributed by atoms with Crippen LogP contribution in [0.1, 0.15) is 27.9 Å². The van der Waals surface area contributed by atoms with E-state index < -0.39 is 17.8 Å². The van der Waals surface area contributed by atoms with Crippen LogP contribution in [0.15, 0.2) is 54.9 Å². The highest BCUT2D eigenvalue weighted by molar-refractivity contribution is 6.50. The van der Waals surface area contributed by atoms with Crippen molar-refractivity contribution in [2.24, 2.45) is 0 Å². The van der Waals surface area contributed by atoms with Gasteiger partial charge in [-0.15, -0.1) is 6.42 Å². The van der Waals surface area contributed by atoms with Gasteiger partial charge in [0.1, 0.15) is 0 Å². The number of imide groups is 1. The van der Waals surface area contributed by atoms with E-state index in [9.17, 15) is 14.4 Å². The number of ether oxygens (including phenoxy) is 1. The van der Waals surface area contributed by atoms with E-state index in [1.165, 1.54) is 0 Å². The molecule has 2 N–H and O–H groups in total. The first kappa shape index (κ1) is 24.1. The lowest BCUT2D eigenvalue weighted by Gasteiger charge is -2.10. The number of aromatic nitrogens is 2. The zero-order chi connectivity index (χ0) is 26.1. The number of nitrogens with one attached hydrogen (secondary N) is 2. The summed E-state index contributed by atoms with van der Waals surface area (Å²) in [6.45, 7) is 1.55. The van der Waals surface area contributed by atoms with Gasteiger partial charge >= 0.3 is 5.97 Å². The van der Waals surface area contributed by atoms with Crippen LogP contribution in [-0.2, 0) is 20.9 Å². The van der Waals surface area contributed by atoms with E-state index in [0.717, 1.165) is 30.4 Å². The van der Waals surface area contributed by atoms with E-state index in [4.69, 9.17) is 11.2 Å². The van der Waals surface area contributed by atoms with Crippen LogP contribution in [0, 0.1) is 12.3 Å². The standard InChI is InChI=1S/C29H26N4O4/c1-4-15-37-29(36)20-11-7-10-19-21(16-30-26(19)20)24-25(28(35)31-27(24)34)22-17-33(14-8-13-32(2)3)23-12-6-5-9-18(22)23/h1,5-7,9-12,16-17,30H,8,13-15H2,2-3H3,(H,31,34,35). The molecule has 2 aromatic carbocycles. The van der Waals surface area contributed by atoms with Gasteiger partial charge in [-0.05, 0) is 39.2 Å². The van der Waals surface area contributed by atoms with Crippen LogP contribution in [0.3, 0.4) is 0 Å². The molecule has 0 atom stereocenters. The first-order valence-electron chi connectivity index (χ1n) is 11.9. The van der Waals surface area contributed by atoms with Crippen molar-refractivity contribution < 1.29 is 19.1 Å². The van der Waals surface area contributed by atoms with Crippen molar-refractivity contribution in [2.45, 2.75) is 13.0 Å². The minimum atomic E-state index is -0.570. The number of nitrogens with zero attached hydrogens (tertiary/aromatic N) is 2. The lowest BCUT2D eigenvalue weighted by atomic mass is 9.95. The second-order valence-electron chi connectivity index (χ2n) is 9.15. The van der Waals surface area contributed by atoms with Gasteiger partial charge < -0.3 is 19.2 Å². The van der Waals surface area contributed by atoms with E-state index in [-0.39, 0.29) is 12.2 Å². The van der Waals surface area contributed by atoms with Crippen LogP contribution < -0.4 is 5.32 Å². The maximum Gasteiger partial charge on any atom is 0.341 e. The van der Waals surface area contributed by atoms with Gasteiger partial charge in [-0.25, -0.2) is 4.79 Å². The molecule has 1 aliphatic heterocycles. The predicted octanol–water partition coefficient (Wildman–Crippen LogP) is 3.43. The highest BCUT2D eigenvalue weighted by Gasteiger charge is 2.35. The van der Waals surface area contributed by atoms with Gasteiger partial charge in [0.05, 0.1) is 22.2 Å². The van der Waals surface area contributed by atoms with Crippen LogP contribution >= 0.6 is 0 Å². The summed E-state index contributed by atoms with van der Waals surface area (Å²) in [6, 6.07) is 13.0. The number of terminal acetylenes is 1. The minimum Gasteiger partial charge on any atom is -0.449 e. The third-order valence-corrected chi connectivity index (χ3v) is 6.48. The molecule has 2 amide bonds. The van der Waals surface area contributed by atoms with Crippen molar-refractivity contribution in [1.29, 1.82) is 0 Å². The number of aromatic amines is 1. The van der Waals surface area contributed by atoms with Gasteiger partial charge in [-0.1, -0.05) is 36.3 Å². The average molecular weight is 495 g/mol. The van der Waals surface area contributed by atoms with Gasteiger partial charge in [0.25, 0.3) is 11.8 Å². The normalized spacial score (nSPS) is 13.6. The summed E-state index contributed by atoms with van der Waals surface area (Å²) in [5.41, 5.74) is 3.60. The molecule has 37 heavy (non-hydrogen) atoms. The molecule has 0 radical (unpaired) electrons. The molecule has 0 saturated carbocycles. The Hall–Kier alpha value is -4.61. The van der Waals surface area contributed by atoms with Gasteiger partial charge in [0.2, 0.25) is 0 Å². The summed E-state index contributed by atoms with van der Waals surface area (Å²) in [5, 5.41) is 3.99. The number of amides is 2. The fourth-order valence-electron chi connectivity index (χ4n) is 4.87. The highest BCUT2D eigenvalue weighted by Crippen LogP contribution is 2.38. The SMILES string of the molecule is C#CCOC(=O)c1cccc2c(C3=C(c4cn(CCCN(C)C)c5ccccc45)C(=O)NC3=O)c[nH]c12. The molecule has 5 rings (SSSR count). The fraction of sp³-hybridized carbons (Fsp3) is 0.207. The maximum absolute atomic E-state index is 13.2. The highest BCUT2D eigenvalue weighted by atomic mass is 16.5. The summed E-state index contributed by atoms with van der Waals surface area (Å²) in [4.78, 5) is 44.1. The summed E-state index contributed by atoms with van der Waals surface area (Å²) < 4.78 is 7.23. The van der Waals surface area contributed by atoms with Crippen molar-refractivity contribution in [1.82, 2.24) is 19.8 Å². The minimum absolute atomic E-state index is 0.145. The first-order chi connectivity index (χ1) is 17.9. The van der Waals surface area contributed by atoms with Crippen molar-refractivity contribution in [3.8, 4) is 12.3 Å². The quantitative estimate of drug-likeness (QED) is 0.222. The molecular weight excluding hydrogens is 468 g/mol. The smallest absolute Gasteiger partial charge is 0.341 e. The van der Waals surface area contributed by atoms with E-state index >= 15 is 0 Å². The Morgan fingerprint density at radius 2 is 1.76 bits per heavy atom. The number of aryl methyl sites for hydroxylation is 1. The molecule has 0 spiro atoms. The van der Waals surface area contributed by atoms with Crippen molar-refractivity contribution in [3.63, 3.8) is 0 Å². The molecule has 186 valence electrons. The zero-order valence-electron chi connectivity index (χ0n) is 20.6. The van der Waals surface area contributed by atoms with Gasteiger partial charge in [0, 0.05) is 46.4 Å². The topological polar surface area (TPSA) is 96.4 Å². The van der Waals surface area contributed by atoms with Gasteiger partial charge in [-0.3, -0.25) is 14.9 Å². The van der Waals surface area contributed by atoms with Crippen LogP contribution in [0.4, 0.5) is 0 Å². The monoisotopic (exact) mass is 494 g/mol. The van der Waals surface area contributed by atoms with Crippen LogP contribution in [0.25, 0.3) is 33.0 Å². The molecule has 8 nitrogen and oxygen atoms in total. The largest absolute Gasteiger partial charge is 0.449 e. The Morgan fingerprint density at radius 3 is 2.51 bits per heavy atom. The Balaban J connectivity index is 1.66. The number of benzene rings is 2. The van der Waals surface area contributed by atoms with E-state index in [0.29, 0.717) is 33.2 Å². The van der Waals surface area contributed by atoms with E-state index in [1.54, 1.807) is 24.4 Å². The number of hydrogen-bond acceptors (Lipinski definition) is 5. The molecule has 2 aromatic heterocycles. The van der Waals surface area contributed by atoms with Crippen LogP contribution in [0.2, 0.25) is 0 Å². The van der Waals surface area contributed by atoms with Crippen LogP contribution in [0.5, 0.6) is 0 Å². The Kier molecular flexibility index (Phi) is 6.38. The summed E-state index contributed by atoms with van der Waals surface area (Å²) >= 11 is 0.